The maximum absolute atomic E-state index is 12.5. The molecule has 2 aliphatic rings. The Morgan fingerprint density at radius 3 is 2.57 bits per heavy atom. The summed E-state index contributed by atoms with van der Waals surface area (Å²) in [5.74, 6) is 2.32. The lowest BCUT2D eigenvalue weighted by Crippen LogP contribution is -2.51. The second kappa shape index (κ2) is 11.4. The van der Waals surface area contributed by atoms with E-state index in [1.807, 2.05) is 23.1 Å². The van der Waals surface area contributed by atoms with Crippen LogP contribution < -0.4 is 14.8 Å². The molecule has 2 atom stereocenters. The third-order valence-corrected chi connectivity index (χ3v) is 6.28. The zero-order valence-electron chi connectivity index (χ0n) is 18.7. The van der Waals surface area contributed by atoms with E-state index in [-0.39, 0.29) is 6.03 Å². The van der Waals surface area contributed by atoms with Gasteiger partial charge in [0.05, 0.1) is 26.9 Å². The summed E-state index contributed by atoms with van der Waals surface area (Å²) in [6.45, 7) is 7.33. The third kappa shape index (κ3) is 6.25. The standard InChI is InChI=1S/C23H37N3O4/c1-18-6-4-5-7-21(18)30-15-10-24-23(27)26-13-11-25(12-14-26)17-19-16-20(28-2)8-9-22(19)29-3/h8-9,16,18,21H,4-7,10-15,17H2,1-3H3,(H,24,27). The Kier molecular flexibility index (Phi) is 8.63. The maximum atomic E-state index is 12.5. The van der Waals surface area contributed by atoms with Crippen LogP contribution in [0.15, 0.2) is 18.2 Å². The molecular formula is C23H37N3O4. The summed E-state index contributed by atoms with van der Waals surface area (Å²) in [6, 6.07) is 5.87. The molecule has 1 aliphatic carbocycles. The van der Waals surface area contributed by atoms with Gasteiger partial charge in [0.25, 0.3) is 0 Å². The van der Waals surface area contributed by atoms with E-state index in [2.05, 4.69) is 17.1 Å². The molecule has 0 bridgehead atoms. The minimum Gasteiger partial charge on any atom is -0.497 e. The van der Waals surface area contributed by atoms with Crippen molar-refractivity contribution in [3.05, 3.63) is 23.8 Å². The number of carbonyl (C=O) groups excluding carboxylic acids is 1. The molecule has 0 radical (unpaired) electrons. The molecule has 1 aliphatic heterocycles. The Morgan fingerprint density at radius 1 is 1.10 bits per heavy atom. The van der Waals surface area contributed by atoms with E-state index in [1.54, 1.807) is 14.2 Å². The molecule has 2 fully saturated rings. The summed E-state index contributed by atoms with van der Waals surface area (Å²) in [4.78, 5) is 16.7. The summed E-state index contributed by atoms with van der Waals surface area (Å²) in [7, 11) is 3.36. The number of amides is 2. The predicted octanol–water partition coefficient (Wildman–Crippen LogP) is 3.13. The van der Waals surface area contributed by atoms with Gasteiger partial charge in [-0.15, -0.1) is 0 Å². The fraction of sp³-hybridized carbons (Fsp3) is 0.696. The van der Waals surface area contributed by atoms with E-state index in [1.165, 1.54) is 19.3 Å². The molecule has 1 saturated heterocycles. The molecule has 1 heterocycles. The van der Waals surface area contributed by atoms with Gasteiger partial charge in [-0.25, -0.2) is 4.79 Å². The summed E-state index contributed by atoms with van der Waals surface area (Å²) in [5, 5.41) is 3.01. The van der Waals surface area contributed by atoms with Crippen molar-refractivity contribution in [1.82, 2.24) is 15.1 Å². The van der Waals surface area contributed by atoms with Crippen molar-refractivity contribution in [3.63, 3.8) is 0 Å². The van der Waals surface area contributed by atoms with Crippen molar-refractivity contribution in [2.24, 2.45) is 5.92 Å². The molecule has 0 aromatic heterocycles. The monoisotopic (exact) mass is 419 g/mol. The van der Waals surface area contributed by atoms with Gasteiger partial charge in [0.2, 0.25) is 0 Å². The van der Waals surface area contributed by atoms with Crippen molar-refractivity contribution in [2.45, 2.75) is 45.3 Å². The fourth-order valence-corrected chi connectivity index (χ4v) is 4.37. The quantitative estimate of drug-likeness (QED) is 0.656. The van der Waals surface area contributed by atoms with Crippen molar-refractivity contribution in [2.75, 3.05) is 53.6 Å². The van der Waals surface area contributed by atoms with Gasteiger partial charge in [0.1, 0.15) is 11.5 Å². The maximum Gasteiger partial charge on any atom is 0.317 e. The molecule has 1 saturated carbocycles. The number of methoxy groups -OCH3 is 2. The van der Waals surface area contributed by atoms with Crippen LogP contribution >= 0.6 is 0 Å². The van der Waals surface area contributed by atoms with Crippen molar-refractivity contribution >= 4 is 6.03 Å². The Morgan fingerprint density at radius 2 is 1.87 bits per heavy atom. The number of rotatable bonds is 8. The Balaban J connectivity index is 1.37. The van der Waals surface area contributed by atoms with Gasteiger partial charge < -0.3 is 24.4 Å². The number of hydrogen-bond acceptors (Lipinski definition) is 5. The van der Waals surface area contributed by atoms with Crippen molar-refractivity contribution in [1.29, 1.82) is 0 Å². The number of nitrogens with one attached hydrogen (secondary N) is 1. The molecule has 7 nitrogen and oxygen atoms in total. The van der Waals surface area contributed by atoms with Gasteiger partial charge >= 0.3 is 6.03 Å². The van der Waals surface area contributed by atoms with E-state index >= 15 is 0 Å². The molecule has 30 heavy (non-hydrogen) atoms. The molecule has 2 unspecified atom stereocenters. The number of urea groups is 1. The zero-order chi connectivity index (χ0) is 21.3. The first-order valence-electron chi connectivity index (χ1n) is 11.2. The molecule has 3 rings (SSSR count). The van der Waals surface area contributed by atoms with Crippen LogP contribution in [-0.2, 0) is 11.3 Å². The van der Waals surface area contributed by atoms with Gasteiger partial charge in [-0.3, -0.25) is 4.90 Å². The van der Waals surface area contributed by atoms with Crippen LogP contribution in [0.2, 0.25) is 0 Å². The lowest BCUT2D eigenvalue weighted by Gasteiger charge is -2.35. The van der Waals surface area contributed by atoms with Crippen LogP contribution in [0.4, 0.5) is 4.79 Å². The Bertz CT molecular complexity index is 676. The van der Waals surface area contributed by atoms with Crippen molar-refractivity contribution < 1.29 is 19.0 Å². The highest BCUT2D eigenvalue weighted by molar-refractivity contribution is 5.74. The van der Waals surface area contributed by atoms with Gasteiger partial charge in [-0.2, -0.15) is 0 Å². The summed E-state index contributed by atoms with van der Waals surface area (Å²) < 4.78 is 16.8. The topological polar surface area (TPSA) is 63.3 Å². The number of piperazine rings is 1. The second-order valence-corrected chi connectivity index (χ2v) is 8.34. The number of hydrogen-bond donors (Lipinski definition) is 1. The van der Waals surface area contributed by atoms with Crippen LogP contribution in [0.1, 0.15) is 38.2 Å². The molecular weight excluding hydrogens is 382 g/mol. The smallest absolute Gasteiger partial charge is 0.317 e. The lowest BCUT2D eigenvalue weighted by molar-refractivity contribution is -0.00284. The number of ether oxygens (including phenoxy) is 3. The molecule has 0 spiro atoms. The Labute approximate surface area is 180 Å². The number of carbonyl (C=O) groups is 1. The van der Waals surface area contributed by atoms with Crippen molar-refractivity contribution in [3.8, 4) is 11.5 Å². The highest BCUT2D eigenvalue weighted by Crippen LogP contribution is 2.26. The van der Waals surface area contributed by atoms with E-state index in [0.717, 1.165) is 56.2 Å². The second-order valence-electron chi connectivity index (χ2n) is 8.34. The minimum absolute atomic E-state index is 0.00824. The lowest BCUT2D eigenvalue weighted by atomic mass is 9.88. The van der Waals surface area contributed by atoms with E-state index in [4.69, 9.17) is 14.2 Å². The van der Waals surface area contributed by atoms with Gasteiger partial charge in [-0.05, 0) is 37.0 Å². The number of nitrogens with zero attached hydrogens (tertiary/aromatic N) is 2. The van der Waals surface area contributed by atoms with Crippen LogP contribution in [0.25, 0.3) is 0 Å². The first-order chi connectivity index (χ1) is 14.6. The average Bonchev–Trinajstić information content (AvgIpc) is 2.78. The summed E-state index contributed by atoms with van der Waals surface area (Å²) >= 11 is 0. The van der Waals surface area contributed by atoms with Crippen LogP contribution in [-0.4, -0.2) is 75.5 Å². The molecule has 1 aromatic rings. The summed E-state index contributed by atoms with van der Waals surface area (Å²) in [6.07, 6.45) is 5.33. The van der Waals surface area contributed by atoms with Crippen LogP contribution in [0.3, 0.4) is 0 Å². The molecule has 168 valence electrons. The molecule has 7 heteroatoms. The van der Waals surface area contributed by atoms with Crippen LogP contribution in [0.5, 0.6) is 11.5 Å². The van der Waals surface area contributed by atoms with E-state index < -0.39 is 0 Å². The molecule has 2 amide bonds. The largest absolute Gasteiger partial charge is 0.497 e. The normalized spacial score (nSPS) is 22.6. The predicted molar refractivity (Wildman–Crippen MR) is 117 cm³/mol. The zero-order valence-corrected chi connectivity index (χ0v) is 18.7. The first kappa shape index (κ1) is 22.7. The SMILES string of the molecule is COc1ccc(OC)c(CN2CCN(C(=O)NCCOC3CCCCC3C)CC2)c1. The number of benzene rings is 1. The Hall–Kier alpha value is -1.99. The highest BCUT2D eigenvalue weighted by Gasteiger charge is 2.23. The third-order valence-electron chi connectivity index (χ3n) is 6.28. The van der Waals surface area contributed by atoms with Crippen LogP contribution in [0, 0.1) is 5.92 Å². The highest BCUT2D eigenvalue weighted by atomic mass is 16.5. The first-order valence-corrected chi connectivity index (χ1v) is 11.2. The minimum atomic E-state index is 0.00824. The van der Waals surface area contributed by atoms with Gasteiger partial charge in [-0.1, -0.05) is 19.8 Å². The van der Waals surface area contributed by atoms with Gasteiger partial charge in [0, 0.05) is 44.8 Å². The molecule has 1 aromatic carbocycles. The average molecular weight is 420 g/mol. The molecule has 1 N–H and O–H groups in total. The van der Waals surface area contributed by atoms with E-state index in [9.17, 15) is 4.79 Å². The van der Waals surface area contributed by atoms with Gasteiger partial charge in [0.15, 0.2) is 0 Å². The van der Waals surface area contributed by atoms with E-state index in [0.29, 0.717) is 25.2 Å². The summed E-state index contributed by atoms with van der Waals surface area (Å²) in [5.41, 5.74) is 1.10. The fourth-order valence-electron chi connectivity index (χ4n) is 4.37.